The molecular formula is C16H21NO3. The standard InChI is InChI=1S/C16H21NO3/c1-10-6-8-12(9-7-10)11(2)17-15(18)13-4-3-5-14(13)16(19)20/h6-9,11,13-14H,3-5H2,1-2H3,(H,17,18)(H,19,20)/t11-,13+,14-/m0/s1. The van der Waals surface area contributed by atoms with Crippen LogP contribution in [-0.2, 0) is 9.59 Å². The molecule has 20 heavy (non-hydrogen) atoms. The van der Waals surface area contributed by atoms with Crippen LogP contribution >= 0.6 is 0 Å². The van der Waals surface area contributed by atoms with E-state index in [-0.39, 0.29) is 17.9 Å². The molecule has 1 amide bonds. The molecule has 0 bridgehead atoms. The Morgan fingerprint density at radius 3 is 2.40 bits per heavy atom. The molecule has 1 aliphatic carbocycles. The van der Waals surface area contributed by atoms with Crippen LogP contribution in [-0.4, -0.2) is 17.0 Å². The van der Waals surface area contributed by atoms with E-state index in [2.05, 4.69) is 5.32 Å². The minimum atomic E-state index is -0.856. The van der Waals surface area contributed by atoms with Gasteiger partial charge in [-0.25, -0.2) is 0 Å². The predicted molar refractivity (Wildman–Crippen MR) is 76.2 cm³/mol. The first-order chi connectivity index (χ1) is 9.49. The lowest BCUT2D eigenvalue weighted by molar-refractivity contribution is -0.146. The van der Waals surface area contributed by atoms with Crippen molar-refractivity contribution in [3.8, 4) is 0 Å². The zero-order valence-electron chi connectivity index (χ0n) is 11.9. The molecule has 108 valence electrons. The molecule has 0 saturated heterocycles. The van der Waals surface area contributed by atoms with E-state index >= 15 is 0 Å². The van der Waals surface area contributed by atoms with E-state index in [4.69, 9.17) is 5.11 Å². The average molecular weight is 275 g/mol. The zero-order valence-corrected chi connectivity index (χ0v) is 11.9. The number of carbonyl (C=O) groups excluding carboxylic acids is 1. The molecule has 0 radical (unpaired) electrons. The molecule has 0 aromatic heterocycles. The number of aryl methyl sites for hydroxylation is 1. The second-order valence-corrected chi connectivity index (χ2v) is 5.62. The molecule has 1 aliphatic rings. The van der Waals surface area contributed by atoms with Crippen molar-refractivity contribution >= 4 is 11.9 Å². The summed E-state index contributed by atoms with van der Waals surface area (Å²) in [5.74, 6) is -1.91. The first-order valence-electron chi connectivity index (χ1n) is 7.09. The van der Waals surface area contributed by atoms with Crippen molar-refractivity contribution in [3.05, 3.63) is 35.4 Å². The van der Waals surface area contributed by atoms with Crippen LogP contribution in [0.4, 0.5) is 0 Å². The van der Waals surface area contributed by atoms with Crippen molar-refractivity contribution in [1.82, 2.24) is 5.32 Å². The van der Waals surface area contributed by atoms with Gasteiger partial charge in [0.2, 0.25) is 5.91 Å². The summed E-state index contributed by atoms with van der Waals surface area (Å²) in [5.41, 5.74) is 2.21. The molecule has 3 atom stereocenters. The van der Waals surface area contributed by atoms with Gasteiger partial charge in [-0.05, 0) is 32.3 Å². The Morgan fingerprint density at radius 2 is 1.80 bits per heavy atom. The van der Waals surface area contributed by atoms with E-state index in [9.17, 15) is 9.59 Å². The summed E-state index contributed by atoms with van der Waals surface area (Å²) in [6.45, 7) is 3.94. The highest BCUT2D eigenvalue weighted by molar-refractivity contribution is 5.85. The lowest BCUT2D eigenvalue weighted by atomic mass is 9.94. The van der Waals surface area contributed by atoms with Crippen molar-refractivity contribution in [3.63, 3.8) is 0 Å². The van der Waals surface area contributed by atoms with Crippen LogP contribution in [0.3, 0.4) is 0 Å². The number of rotatable bonds is 4. The summed E-state index contributed by atoms with van der Waals surface area (Å²) in [4.78, 5) is 23.4. The quantitative estimate of drug-likeness (QED) is 0.887. The molecular weight excluding hydrogens is 254 g/mol. The highest BCUT2D eigenvalue weighted by Crippen LogP contribution is 2.32. The van der Waals surface area contributed by atoms with Crippen LogP contribution in [0.2, 0.25) is 0 Å². The predicted octanol–water partition coefficient (Wildman–Crippen LogP) is 2.67. The Bertz CT molecular complexity index is 495. The van der Waals surface area contributed by atoms with E-state index in [1.165, 1.54) is 5.56 Å². The third-order valence-electron chi connectivity index (χ3n) is 4.11. The minimum absolute atomic E-state index is 0.0989. The van der Waals surface area contributed by atoms with Crippen molar-refractivity contribution < 1.29 is 14.7 Å². The van der Waals surface area contributed by atoms with Crippen LogP contribution < -0.4 is 5.32 Å². The van der Waals surface area contributed by atoms with E-state index in [0.29, 0.717) is 12.8 Å². The van der Waals surface area contributed by atoms with Crippen LogP contribution in [0.1, 0.15) is 43.4 Å². The van der Waals surface area contributed by atoms with Gasteiger partial charge < -0.3 is 10.4 Å². The fraction of sp³-hybridized carbons (Fsp3) is 0.500. The third kappa shape index (κ3) is 3.18. The van der Waals surface area contributed by atoms with Gasteiger partial charge in [-0.3, -0.25) is 9.59 Å². The number of carboxylic acids is 1. The number of amides is 1. The van der Waals surface area contributed by atoms with Crippen LogP contribution in [0.5, 0.6) is 0 Å². The first kappa shape index (κ1) is 14.6. The van der Waals surface area contributed by atoms with Gasteiger partial charge in [0.15, 0.2) is 0 Å². The topological polar surface area (TPSA) is 66.4 Å². The van der Waals surface area contributed by atoms with Gasteiger partial charge in [0.05, 0.1) is 17.9 Å². The second kappa shape index (κ2) is 6.07. The van der Waals surface area contributed by atoms with Gasteiger partial charge in [-0.1, -0.05) is 36.2 Å². The van der Waals surface area contributed by atoms with E-state index in [1.807, 2.05) is 38.1 Å². The smallest absolute Gasteiger partial charge is 0.307 e. The molecule has 0 heterocycles. The Morgan fingerprint density at radius 1 is 1.20 bits per heavy atom. The number of carboxylic acid groups (broad SMARTS) is 1. The highest BCUT2D eigenvalue weighted by Gasteiger charge is 2.38. The summed E-state index contributed by atoms with van der Waals surface area (Å²) in [7, 11) is 0. The zero-order chi connectivity index (χ0) is 14.7. The Balaban J connectivity index is 2.00. The number of hydrogen-bond acceptors (Lipinski definition) is 2. The third-order valence-corrected chi connectivity index (χ3v) is 4.11. The van der Waals surface area contributed by atoms with Crippen molar-refractivity contribution in [2.45, 2.75) is 39.2 Å². The molecule has 0 aliphatic heterocycles. The molecule has 1 fully saturated rings. The lowest BCUT2D eigenvalue weighted by Crippen LogP contribution is -2.36. The van der Waals surface area contributed by atoms with Gasteiger partial charge in [-0.2, -0.15) is 0 Å². The number of nitrogens with one attached hydrogen (secondary N) is 1. The van der Waals surface area contributed by atoms with Gasteiger partial charge in [0.25, 0.3) is 0 Å². The van der Waals surface area contributed by atoms with Crippen LogP contribution in [0.25, 0.3) is 0 Å². The number of benzene rings is 1. The monoisotopic (exact) mass is 275 g/mol. The Kier molecular flexibility index (Phi) is 4.42. The number of aliphatic carboxylic acids is 1. The molecule has 1 aromatic carbocycles. The van der Waals surface area contributed by atoms with Crippen LogP contribution in [0.15, 0.2) is 24.3 Å². The molecule has 0 spiro atoms. The van der Waals surface area contributed by atoms with E-state index in [0.717, 1.165) is 12.0 Å². The maximum absolute atomic E-state index is 12.2. The molecule has 0 unspecified atom stereocenters. The number of carbonyl (C=O) groups is 2. The SMILES string of the molecule is Cc1ccc([C@H](C)NC(=O)[C@@H]2CCC[C@@H]2C(=O)O)cc1. The summed E-state index contributed by atoms with van der Waals surface area (Å²) in [6.07, 6.45) is 2.09. The Labute approximate surface area is 119 Å². The summed E-state index contributed by atoms with van der Waals surface area (Å²) < 4.78 is 0. The van der Waals surface area contributed by atoms with Gasteiger partial charge >= 0.3 is 5.97 Å². The van der Waals surface area contributed by atoms with Gasteiger partial charge in [-0.15, -0.1) is 0 Å². The maximum Gasteiger partial charge on any atom is 0.307 e. The van der Waals surface area contributed by atoms with Crippen molar-refractivity contribution in [2.24, 2.45) is 11.8 Å². The largest absolute Gasteiger partial charge is 0.481 e. The second-order valence-electron chi connectivity index (χ2n) is 5.62. The molecule has 4 heteroatoms. The van der Waals surface area contributed by atoms with Crippen LogP contribution in [0, 0.1) is 18.8 Å². The Hall–Kier alpha value is -1.84. The summed E-state index contributed by atoms with van der Waals surface area (Å²) in [5, 5.41) is 12.1. The molecule has 1 aromatic rings. The lowest BCUT2D eigenvalue weighted by Gasteiger charge is -2.20. The molecule has 4 nitrogen and oxygen atoms in total. The normalized spacial score (nSPS) is 23.3. The average Bonchev–Trinajstić information content (AvgIpc) is 2.88. The molecule has 2 rings (SSSR count). The fourth-order valence-corrected chi connectivity index (χ4v) is 2.83. The molecule has 2 N–H and O–H groups in total. The van der Waals surface area contributed by atoms with Gasteiger partial charge in [0.1, 0.15) is 0 Å². The van der Waals surface area contributed by atoms with Crippen molar-refractivity contribution in [2.75, 3.05) is 0 Å². The summed E-state index contributed by atoms with van der Waals surface area (Å²) in [6, 6.07) is 7.90. The number of hydrogen-bond donors (Lipinski definition) is 2. The minimum Gasteiger partial charge on any atom is -0.481 e. The van der Waals surface area contributed by atoms with E-state index in [1.54, 1.807) is 0 Å². The van der Waals surface area contributed by atoms with Gasteiger partial charge in [0, 0.05) is 0 Å². The maximum atomic E-state index is 12.2. The van der Waals surface area contributed by atoms with Crippen molar-refractivity contribution in [1.29, 1.82) is 0 Å². The molecule has 1 saturated carbocycles. The summed E-state index contributed by atoms with van der Waals surface area (Å²) >= 11 is 0. The first-order valence-corrected chi connectivity index (χ1v) is 7.09. The van der Waals surface area contributed by atoms with E-state index < -0.39 is 11.9 Å². The highest BCUT2D eigenvalue weighted by atomic mass is 16.4. The fourth-order valence-electron chi connectivity index (χ4n) is 2.83.